The van der Waals surface area contributed by atoms with Gasteiger partial charge in [0.25, 0.3) is 5.91 Å². The lowest BCUT2D eigenvalue weighted by Crippen LogP contribution is -2.33. The molecule has 0 aliphatic heterocycles. The average Bonchev–Trinajstić information content (AvgIpc) is 3.30. The number of rotatable bonds is 4. The molecule has 4 nitrogen and oxygen atoms in total. The number of aromatic nitrogens is 2. The van der Waals surface area contributed by atoms with Crippen LogP contribution in [0.2, 0.25) is 5.02 Å². The van der Waals surface area contributed by atoms with Gasteiger partial charge in [-0.1, -0.05) is 17.7 Å². The summed E-state index contributed by atoms with van der Waals surface area (Å²) < 4.78 is 0. The summed E-state index contributed by atoms with van der Waals surface area (Å²) in [6, 6.07) is 9.29. The zero-order valence-corrected chi connectivity index (χ0v) is 11.6. The fourth-order valence-electron chi connectivity index (χ4n) is 2.09. The normalized spacial score (nSPS) is 14.1. The van der Waals surface area contributed by atoms with Crippen molar-refractivity contribution in [2.45, 2.75) is 25.4 Å². The van der Waals surface area contributed by atoms with E-state index in [2.05, 4.69) is 9.97 Å². The van der Waals surface area contributed by atoms with E-state index in [-0.39, 0.29) is 5.91 Å². The van der Waals surface area contributed by atoms with Gasteiger partial charge in [0.2, 0.25) is 0 Å². The molecule has 1 aliphatic carbocycles. The topological polar surface area (TPSA) is 46.1 Å². The van der Waals surface area contributed by atoms with Gasteiger partial charge in [0.05, 0.1) is 12.2 Å². The van der Waals surface area contributed by atoms with Crippen molar-refractivity contribution in [1.29, 1.82) is 0 Å². The van der Waals surface area contributed by atoms with Gasteiger partial charge in [-0.05, 0) is 37.1 Å². The molecule has 0 spiro atoms. The first-order valence-corrected chi connectivity index (χ1v) is 6.94. The number of nitrogens with zero attached hydrogens (tertiary/aromatic N) is 3. The van der Waals surface area contributed by atoms with Crippen molar-refractivity contribution < 1.29 is 4.79 Å². The monoisotopic (exact) mass is 287 g/mol. The molecule has 2 heterocycles. The zero-order chi connectivity index (χ0) is 13.9. The van der Waals surface area contributed by atoms with Crippen LogP contribution in [0, 0.1) is 0 Å². The van der Waals surface area contributed by atoms with Gasteiger partial charge in [0.15, 0.2) is 0 Å². The van der Waals surface area contributed by atoms with E-state index in [0.717, 1.165) is 18.5 Å². The van der Waals surface area contributed by atoms with E-state index in [1.54, 1.807) is 24.5 Å². The van der Waals surface area contributed by atoms with Crippen LogP contribution in [0.4, 0.5) is 0 Å². The van der Waals surface area contributed by atoms with Crippen molar-refractivity contribution in [2.24, 2.45) is 0 Å². The Morgan fingerprint density at radius 2 is 2.10 bits per heavy atom. The Labute approximate surface area is 122 Å². The van der Waals surface area contributed by atoms with E-state index in [1.165, 1.54) is 0 Å². The fraction of sp³-hybridized carbons (Fsp3) is 0.267. The summed E-state index contributed by atoms with van der Waals surface area (Å²) >= 11 is 5.93. The summed E-state index contributed by atoms with van der Waals surface area (Å²) in [5, 5.41) is 0.525. The van der Waals surface area contributed by atoms with Gasteiger partial charge >= 0.3 is 0 Å². The highest BCUT2D eigenvalue weighted by Gasteiger charge is 2.33. The second kappa shape index (κ2) is 5.59. The van der Waals surface area contributed by atoms with E-state index in [0.29, 0.717) is 23.3 Å². The quantitative estimate of drug-likeness (QED) is 0.868. The van der Waals surface area contributed by atoms with Crippen LogP contribution in [0.15, 0.2) is 42.7 Å². The highest BCUT2D eigenvalue weighted by atomic mass is 35.5. The molecule has 0 atom stereocenters. The number of pyridine rings is 2. The van der Waals surface area contributed by atoms with Gasteiger partial charge in [-0.25, -0.2) is 0 Å². The minimum Gasteiger partial charge on any atom is -0.328 e. The van der Waals surface area contributed by atoms with Crippen LogP contribution in [-0.4, -0.2) is 26.8 Å². The van der Waals surface area contributed by atoms with Crippen LogP contribution in [0.25, 0.3) is 0 Å². The van der Waals surface area contributed by atoms with Gasteiger partial charge in [-0.2, -0.15) is 0 Å². The predicted molar refractivity (Wildman–Crippen MR) is 76.4 cm³/mol. The fourth-order valence-corrected chi connectivity index (χ4v) is 2.25. The van der Waals surface area contributed by atoms with Gasteiger partial charge in [0.1, 0.15) is 5.69 Å². The standard InChI is InChI=1S/C15H14ClN3O/c16-11-6-8-18-14(9-11)15(20)19(13-4-5-13)10-12-3-1-2-7-17-12/h1-3,6-9,13H,4-5,10H2. The van der Waals surface area contributed by atoms with E-state index in [1.807, 2.05) is 23.1 Å². The number of carbonyl (C=O) groups excluding carboxylic acids is 1. The van der Waals surface area contributed by atoms with Gasteiger partial charge in [-0.3, -0.25) is 14.8 Å². The second-order valence-electron chi connectivity index (χ2n) is 4.84. The van der Waals surface area contributed by atoms with Crippen molar-refractivity contribution in [3.05, 3.63) is 59.1 Å². The van der Waals surface area contributed by atoms with Crippen molar-refractivity contribution in [3.63, 3.8) is 0 Å². The number of halogens is 1. The molecular formula is C15H14ClN3O. The van der Waals surface area contributed by atoms with Crippen LogP contribution in [0.3, 0.4) is 0 Å². The molecule has 1 aliphatic rings. The van der Waals surface area contributed by atoms with E-state index in [4.69, 9.17) is 11.6 Å². The van der Waals surface area contributed by atoms with Crippen molar-refractivity contribution in [2.75, 3.05) is 0 Å². The first kappa shape index (κ1) is 13.1. The molecule has 0 bridgehead atoms. The SMILES string of the molecule is O=C(c1cc(Cl)ccn1)N(Cc1ccccn1)C1CC1. The summed E-state index contributed by atoms with van der Waals surface area (Å²) in [4.78, 5) is 22.8. The molecule has 0 N–H and O–H groups in total. The maximum absolute atomic E-state index is 12.6. The summed E-state index contributed by atoms with van der Waals surface area (Å²) in [7, 11) is 0. The Bertz CT molecular complexity index is 614. The molecular weight excluding hydrogens is 274 g/mol. The number of hydrogen-bond donors (Lipinski definition) is 0. The molecule has 0 radical (unpaired) electrons. The average molecular weight is 288 g/mol. The largest absolute Gasteiger partial charge is 0.328 e. The van der Waals surface area contributed by atoms with Crippen LogP contribution in [-0.2, 0) is 6.54 Å². The van der Waals surface area contributed by atoms with Crippen LogP contribution in [0.1, 0.15) is 29.0 Å². The lowest BCUT2D eigenvalue weighted by Gasteiger charge is -2.21. The van der Waals surface area contributed by atoms with Crippen LogP contribution >= 0.6 is 11.6 Å². The number of carbonyl (C=O) groups is 1. The first-order valence-electron chi connectivity index (χ1n) is 6.56. The molecule has 0 saturated heterocycles. The van der Waals surface area contributed by atoms with Crippen LogP contribution in [0.5, 0.6) is 0 Å². The van der Waals surface area contributed by atoms with Crippen molar-refractivity contribution >= 4 is 17.5 Å². The molecule has 20 heavy (non-hydrogen) atoms. The minimum absolute atomic E-state index is 0.0827. The number of hydrogen-bond acceptors (Lipinski definition) is 3. The molecule has 1 amide bonds. The van der Waals surface area contributed by atoms with Gasteiger partial charge in [0, 0.05) is 23.5 Å². The third kappa shape index (κ3) is 2.96. The third-order valence-electron chi connectivity index (χ3n) is 3.25. The van der Waals surface area contributed by atoms with Crippen molar-refractivity contribution in [3.8, 4) is 0 Å². The summed E-state index contributed by atoms with van der Waals surface area (Å²) in [6.45, 7) is 0.512. The van der Waals surface area contributed by atoms with E-state index < -0.39 is 0 Å². The smallest absolute Gasteiger partial charge is 0.273 e. The molecule has 2 aromatic heterocycles. The molecule has 0 unspecified atom stereocenters. The Morgan fingerprint density at radius 3 is 2.75 bits per heavy atom. The lowest BCUT2D eigenvalue weighted by molar-refractivity contribution is 0.0721. The minimum atomic E-state index is -0.0827. The van der Waals surface area contributed by atoms with Crippen LogP contribution < -0.4 is 0 Å². The second-order valence-corrected chi connectivity index (χ2v) is 5.28. The van der Waals surface area contributed by atoms with Crippen molar-refractivity contribution in [1.82, 2.24) is 14.9 Å². The molecule has 102 valence electrons. The Morgan fingerprint density at radius 1 is 1.25 bits per heavy atom. The molecule has 1 fully saturated rings. The lowest BCUT2D eigenvalue weighted by atomic mass is 10.2. The van der Waals surface area contributed by atoms with Gasteiger partial charge in [-0.15, -0.1) is 0 Å². The summed E-state index contributed by atoms with van der Waals surface area (Å²) in [5.74, 6) is -0.0827. The van der Waals surface area contributed by atoms with E-state index >= 15 is 0 Å². The summed E-state index contributed by atoms with van der Waals surface area (Å²) in [6.07, 6.45) is 5.38. The molecule has 2 aromatic rings. The highest BCUT2D eigenvalue weighted by molar-refractivity contribution is 6.30. The molecule has 0 aromatic carbocycles. The Kier molecular flexibility index (Phi) is 3.65. The predicted octanol–water partition coefficient (Wildman–Crippen LogP) is 2.93. The molecule has 1 saturated carbocycles. The maximum Gasteiger partial charge on any atom is 0.273 e. The Hall–Kier alpha value is -1.94. The van der Waals surface area contributed by atoms with E-state index in [9.17, 15) is 4.79 Å². The van der Waals surface area contributed by atoms with Gasteiger partial charge < -0.3 is 4.90 Å². The zero-order valence-electron chi connectivity index (χ0n) is 10.9. The summed E-state index contributed by atoms with van der Waals surface area (Å²) in [5.41, 5.74) is 1.27. The Balaban J connectivity index is 1.82. The maximum atomic E-state index is 12.6. The molecule has 5 heteroatoms. The molecule has 3 rings (SSSR count). The highest BCUT2D eigenvalue weighted by Crippen LogP contribution is 2.29. The first-order chi connectivity index (χ1) is 9.74. The third-order valence-corrected chi connectivity index (χ3v) is 3.48. The number of amides is 1.